The van der Waals surface area contributed by atoms with Gasteiger partial charge in [0.2, 0.25) is 0 Å². The third-order valence-electron chi connectivity index (χ3n) is 7.17. The van der Waals surface area contributed by atoms with Gasteiger partial charge in [0, 0.05) is 5.41 Å². The molecule has 2 aromatic rings. The van der Waals surface area contributed by atoms with Crippen LogP contribution in [0.1, 0.15) is 97.2 Å². The molecular formula is C26H32O4. The molecule has 0 aromatic heterocycles. The van der Waals surface area contributed by atoms with Crippen LogP contribution in [0.25, 0.3) is 0 Å². The van der Waals surface area contributed by atoms with Crippen molar-refractivity contribution in [2.45, 2.75) is 70.6 Å². The number of rotatable bonds is 8. The van der Waals surface area contributed by atoms with Gasteiger partial charge in [-0.2, -0.15) is 0 Å². The molecule has 2 N–H and O–H groups in total. The number of carboxylic acid groups (broad SMARTS) is 2. The number of hydrogen-bond acceptors (Lipinski definition) is 2. The van der Waals surface area contributed by atoms with E-state index in [4.69, 9.17) is 0 Å². The van der Waals surface area contributed by atoms with Gasteiger partial charge in [0.1, 0.15) is 0 Å². The van der Waals surface area contributed by atoms with Gasteiger partial charge in [-0.3, -0.25) is 0 Å². The Labute approximate surface area is 179 Å². The molecule has 30 heavy (non-hydrogen) atoms. The topological polar surface area (TPSA) is 74.6 Å². The zero-order valence-corrected chi connectivity index (χ0v) is 18.4. The standard InChI is InChI=1S/C26H32O4/c1-5-6-7-8-9-22-25(2,3)21-16-18(24(29)30)12-15-20(21)26(22,4)19-13-10-17(11-14-19)23(27)28/h10-16,22H,5-9H2,1-4H3,(H,27,28)(H,29,30). The van der Waals surface area contributed by atoms with E-state index in [1.807, 2.05) is 24.3 Å². The fourth-order valence-electron chi connectivity index (χ4n) is 5.50. The first-order valence-corrected chi connectivity index (χ1v) is 10.9. The van der Waals surface area contributed by atoms with Crippen LogP contribution >= 0.6 is 0 Å². The normalized spacial score (nSPS) is 21.9. The van der Waals surface area contributed by atoms with E-state index >= 15 is 0 Å². The lowest BCUT2D eigenvalue weighted by Crippen LogP contribution is -2.36. The molecule has 0 saturated carbocycles. The number of benzene rings is 2. The fourth-order valence-corrected chi connectivity index (χ4v) is 5.50. The van der Waals surface area contributed by atoms with E-state index in [-0.39, 0.29) is 22.3 Å². The first-order valence-electron chi connectivity index (χ1n) is 10.9. The van der Waals surface area contributed by atoms with Crippen LogP contribution < -0.4 is 0 Å². The molecule has 0 aliphatic heterocycles. The summed E-state index contributed by atoms with van der Waals surface area (Å²) in [7, 11) is 0. The number of aromatic carboxylic acids is 2. The van der Waals surface area contributed by atoms with Gasteiger partial charge in [0.15, 0.2) is 0 Å². The van der Waals surface area contributed by atoms with Crippen LogP contribution in [0.15, 0.2) is 42.5 Å². The molecule has 4 heteroatoms. The van der Waals surface area contributed by atoms with Crippen molar-refractivity contribution < 1.29 is 19.8 Å². The molecule has 0 radical (unpaired) electrons. The predicted molar refractivity (Wildman–Crippen MR) is 119 cm³/mol. The van der Waals surface area contributed by atoms with Crippen LogP contribution in [0.2, 0.25) is 0 Å². The second-order valence-corrected chi connectivity index (χ2v) is 9.27. The lowest BCUT2D eigenvalue weighted by Gasteiger charge is -2.39. The molecule has 3 rings (SSSR count). The molecule has 1 aliphatic carbocycles. The lowest BCUT2D eigenvalue weighted by atomic mass is 9.64. The maximum atomic E-state index is 11.6. The molecular weight excluding hydrogens is 376 g/mol. The quantitative estimate of drug-likeness (QED) is 0.505. The summed E-state index contributed by atoms with van der Waals surface area (Å²) in [5.74, 6) is -1.55. The smallest absolute Gasteiger partial charge is 0.335 e. The van der Waals surface area contributed by atoms with Gasteiger partial charge in [-0.1, -0.05) is 71.6 Å². The molecule has 0 bridgehead atoms. The molecule has 2 atom stereocenters. The Morgan fingerprint density at radius 1 is 0.833 bits per heavy atom. The van der Waals surface area contributed by atoms with Crippen molar-refractivity contribution in [1.29, 1.82) is 0 Å². The van der Waals surface area contributed by atoms with E-state index in [2.05, 4.69) is 27.7 Å². The first kappa shape index (κ1) is 22.1. The Bertz CT molecular complexity index is 942. The minimum atomic E-state index is -0.930. The number of hydrogen-bond donors (Lipinski definition) is 2. The molecule has 1 aliphatic rings. The van der Waals surface area contributed by atoms with Gasteiger partial charge in [-0.15, -0.1) is 0 Å². The summed E-state index contributed by atoms with van der Waals surface area (Å²) in [4.78, 5) is 22.9. The first-order chi connectivity index (χ1) is 14.1. The Morgan fingerprint density at radius 3 is 2.00 bits per heavy atom. The van der Waals surface area contributed by atoms with Crippen molar-refractivity contribution in [2.24, 2.45) is 5.92 Å². The van der Waals surface area contributed by atoms with Gasteiger partial charge in [-0.05, 0) is 58.7 Å². The van der Waals surface area contributed by atoms with Gasteiger partial charge >= 0.3 is 11.9 Å². The summed E-state index contributed by atoms with van der Waals surface area (Å²) in [6.45, 7) is 8.88. The van der Waals surface area contributed by atoms with Crippen LogP contribution in [0, 0.1) is 5.92 Å². The molecule has 0 fully saturated rings. The van der Waals surface area contributed by atoms with Gasteiger partial charge in [-0.25, -0.2) is 9.59 Å². The largest absolute Gasteiger partial charge is 0.478 e. The fraction of sp³-hybridized carbons (Fsp3) is 0.462. The predicted octanol–water partition coefficient (Wildman–Crippen LogP) is 6.27. The highest BCUT2D eigenvalue weighted by Gasteiger charge is 2.53. The summed E-state index contributed by atoms with van der Waals surface area (Å²) < 4.78 is 0. The highest BCUT2D eigenvalue weighted by atomic mass is 16.4. The van der Waals surface area contributed by atoms with Gasteiger partial charge in [0.25, 0.3) is 0 Å². The highest BCUT2D eigenvalue weighted by Crippen LogP contribution is 2.58. The van der Waals surface area contributed by atoms with Crippen molar-refractivity contribution in [2.75, 3.05) is 0 Å². The summed E-state index contributed by atoms with van der Waals surface area (Å²) >= 11 is 0. The zero-order valence-electron chi connectivity index (χ0n) is 18.4. The highest BCUT2D eigenvalue weighted by molar-refractivity contribution is 5.88. The number of carboxylic acids is 2. The third-order valence-corrected chi connectivity index (χ3v) is 7.17. The SMILES string of the molecule is CCCCCCC1C(C)(C)c2cc(C(=O)O)ccc2C1(C)c1ccc(C(=O)O)cc1. The molecule has 2 aromatic carbocycles. The molecule has 0 spiro atoms. The zero-order chi connectivity index (χ0) is 22.1. The van der Waals surface area contributed by atoms with E-state index in [0.717, 1.165) is 29.5 Å². The van der Waals surface area contributed by atoms with Gasteiger partial charge in [0.05, 0.1) is 11.1 Å². The van der Waals surface area contributed by atoms with Crippen molar-refractivity contribution in [1.82, 2.24) is 0 Å². The second kappa shape index (κ2) is 8.25. The molecule has 0 saturated heterocycles. The Hall–Kier alpha value is -2.62. The third kappa shape index (κ3) is 3.64. The summed E-state index contributed by atoms with van der Waals surface area (Å²) in [6, 6.07) is 12.7. The number of unbranched alkanes of at least 4 members (excludes halogenated alkanes) is 3. The summed E-state index contributed by atoms with van der Waals surface area (Å²) in [5, 5.41) is 18.8. The molecule has 0 heterocycles. The van der Waals surface area contributed by atoms with Crippen LogP contribution in [-0.4, -0.2) is 22.2 Å². The van der Waals surface area contributed by atoms with E-state index in [1.165, 1.54) is 19.3 Å². The van der Waals surface area contributed by atoms with Crippen LogP contribution in [-0.2, 0) is 10.8 Å². The van der Waals surface area contributed by atoms with Crippen LogP contribution in [0.3, 0.4) is 0 Å². The number of carbonyl (C=O) groups is 2. The van der Waals surface area contributed by atoms with E-state index in [1.54, 1.807) is 18.2 Å². The van der Waals surface area contributed by atoms with E-state index in [9.17, 15) is 19.8 Å². The maximum absolute atomic E-state index is 11.6. The molecule has 2 unspecified atom stereocenters. The van der Waals surface area contributed by atoms with Crippen molar-refractivity contribution in [3.63, 3.8) is 0 Å². The summed E-state index contributed by atoms with van der Waals surface area (Å²) in [5.41, 5.74) is 3.43. The van der Waals surface area contributed by atoms with E-state index < -0.39 is 11.9 Å². The van der Waals surface area contributed by atoms with Crippen molar-refractivity contribution in [3.05, 3.63) is 70.3 Å². The lowest BCUT2D eigenvalue weighted by molar-refractivity contribution is 0.0686. The number of fused-ring (bicyclic) bond motifs is 1. The monoisotopic (exact) mass is 408 g/mol. The minimum Gasteiger partial charge on any atom is -0.478 e. The Morgan fingerprint density at radius 2 is 1.43 bits per heavy atom. The van der Waals surface area contributed by atoms with E-state index in [0.29, 0.717) is 5.56 Å². The van der Waals surface area contributed by atoms with Crippen molar-refractivity contribution >= 4 is 11.9 Å². The molecule has 0 amide bonds. The van der Waals surface area contributed by atoms with Crippen LogP contribution in [0.5, 0.6) is 0 Å². The van der Waals surface area contributed by atoms with Crippen LogP contribution in [0.4, 0.5) is 0 Å². The minimum absolute atomic E-state index is 0.187. The summed E-state index contributed by atoms with van der Waals surface area (Å²) in [6.07, 6.45) is 5.76. The second-order valence-electron chi connectivity index (χ2n) is 9.27. The Balaban J connectivity index is 2.13. The Kier molecular flexibility index (Phi) is 6.07. The van der Waals surface area contributed by atoms with Crippen molar-refractivity contribution in [3.8, 4) is 0 Å². The maximum Gasteiger partial charge on any atom is 0.335 e. The average molecular weight is 409 g/mol. The molecule has 4 nitrogen and oxygen atoms in total. The molecule has 160 valence electrons. The van der Waals surface area contributed by atoms with Gasteiger partial charge < -0.3 is 10.2 Å². The average Bonchev–Trinajstić information content (AvgIpc) is 2.89.